The van der Waals surface area contributed by atoms with Crippen molar-refractivity contribution in [1.82, 2.24) is 20.3 Å². The van der Waals surface area contributed by atoms with Gasteiger partial charge >= 0.3 is 6.18 Å². The lowest BCUT2D eigenvalue weighted by atomic mass is 10.2. The van der Waals surface area contributed by atoms with E-state index >= 15 is 0 Å². The van der Waals surface area contributed by atoms with Crippen molar-refractivity contribution in [2.75, 3.05) is 18.4 Å². The summed E-state index contributed by atoms with van der Waals surface area (Å²) < 4.78 is 37.9. The number of aryl methyl sites for hydroxylation is 1. The van der Waals surface area contributed by atoms with Gasteiger partial charge in [0.15, 0.2) is 5.82 Å². The number of halogens is 4. The van der Waals surface area contributed by atoms with Gasteiger partial charge in [-0.1, -0.05) is 30.3 Å². The minimum atomic E-state index is -4.55. The minimum absolute atomic E-state index is 0.177. The number of amidine groups is 1. The molecule has 2 heterocycles. The summed E-state index contributed by atoms with van der Waals surface area (Å²) in [6.45, 7) is 5.28. The number of nitrogens with zero attached hydrogens (tertiary/aromatic N) is 3. The van der Waals surface area contributed by atoms with Gasteiger partial charge in [0, 0.05) is 19.3 Å². The Labute approximate surface area is 165 Å². The van der Waals surface area contributed by atoms with Crippen LogP contribution in [0.15, 0.2) is 48.7 Å². The molecule has 0 bridgehead atoms. The van der Waals surface area contributed by atoms with Gasteiger partial charge in [-0.2, -0.15) is 13.2 Å². The highest BCUT2D eigenvalue weighted by atomic mass is 35.5. The highest BCUT2D eigenvalue weighted by Gasteiger charge is 2.31. The van der Waals surface area contributed by atoms with Crippen LogP contribution in [0.1, 0.15) is 5.69 Å². The van der Waals surface area contributed by atoms with Gasteiger partial charge in [0.05, 0.1) is 11.3 Å². The smallest absolute Gasteiger partial charge is 0.369 e. The molecule has 0 amide bonds. The van der Waals surface area contributed by atoms with Gasteiger partial charge in [0.1, 0.15) is 22.4 Å². The van der Waals surface area contributed by atoms with Crippen molar-refractivity contribution in [2.45, 2.75) is 13.1 Å². The van der Waals surface area contributed by atoms with Crippen LogP contribution in [-0.4, -0.2) is 40.1 Å². The summed E-state index contributed by atoms with van der Waals surface area (Å²) in [6, 6.07) is 5.35. The number of anilines is 1. The predicted octanol–water partition coefficient (Wildman–Crippen LogP) is 4.15. The lowest BCUT2D eigenvalue weighted by molar-refractivity contribution is -0.0880. The second kappa shape index (κ2) is 9.32. The van der Waals surface area contributed by atoms with Crippen molar-refractivity contribution in [2.24, 2.45) is 0 Å². The summed E-state index contributed by atoms with van der Waals surface area (Å²) in [5.41, 5.74) is 0.149. The largest absolute Gasteiger partial charge is 0.416 e. The summed E-state index contributed by atoms with van der Waals surface area (Å²) in [6.07, 6.45) is -1.59. The van der Waals surface area contributed by atoms with E-state index in [9.17, 15) is 13.2 Å². The molecule has 2 aromatic rings. The molecule has 0 unspecified atom stereocenters. The Morgan fingerprint density at radius 1 is 1.29 bits per heavy atom. The molecular weight excluding hydrogens is 393 g/mol. The molecule has 0 aromatic carbocycles. The van der Waals surface area contributed by atoms with E-state index in [2.05, 4.69) is 32.2 Å². The first kappa shape index (κ1) is 21.4. The summed E-state index contributed by atoms with van der Waals surface area (Å²) >= 11 is 6.22. The number of allylic oxidation sites excluding steroid dienone is 2. The number of hydrogen-bond acceptors (Lipinski definition) is 5. The third-order valence-corrected chi connectivity index (χ3v) is 3.94. The summed E-state index contributed by atoms with van der Waals surface area (Å²) in [5, 5.41) is 13.5. The first-order valence-corrected chi connectivity index (χ1v) is 8.53. The van der Waals surface area contributed by atoms with Crippen molar-refractivity contribution >= 4 is 23.3 Å². The average Bonchev–Trinajstić information content (AvgIpc) is 2.66. The molecule has 2 aromatic heterocycles. The Hall–Kier alpha value is -2.94. The predicted molar refractivity (Wildman–Crippen MR) is 104 cm³/mol. The number of nitrogens with one attached hydrogen (secondary N) is 3. The molecule has 0 spiro atoms. The highest BCUT2D eigenvalue weighted by molar-refractivity contribution is 6.33. The summed E-state index contributed by atoms with van der Waals surface area (Å²) in [4.78, 5) is 12.8. The molecule has 0 saturated heterocycles. The lowest BCUT2D eigenvalue weighted by Gasteiger charge is -2.12. The summed E-state index contributed by atoms with van der Waals surface area (Å²) in [7, 11) is 0. The van der Waals surface area contributed by atoms with Crippen LogP contribution in [-0.2, 0) is 0 Å². The number of hydrogen-bond donors (Lipinski definition) is 3. The van der Waals surface area contributed by atoms with Crippen LogP contribution in [0.5, 0.6) is 0 Å². The second-order valence-electron chi connectivity index (χ2n) is 5.58. The van der Waals surface area contributed by atoms with Gasteiger partial charge in [0.25, 0.3) is 0 Å². The second-order valence-corrected chi connectivity index (χ2v) is 5.96. The van der Waals surface area contributed by atoms with Crippen LogP contribution in [0.25, 0.3) is 11.5 Å². The van der Waals surface area contributed by atoms with E-state index in [0.29, 0.717) is 40.2 Å². The van der Waals surface area contributed by atoms with E-state index in [1.54, 1.807) is 25.3 Å². The van der Waals surface area contributed by atoms with E-state index in [0.717, 1.165) is 0 Å². The first-order valence-electron chi connectivity index (χ1n) is 8.15. The third kappa shape index (κ3) is 5.78. The molecule has 28 heavy (non-hydrogen) atoms. The van der Waals surface area contributed by atoms with Gasteiger partial charge in [0.2, 0.25) is 0 Å². The molecular formula is C18H18ClF3N6. The zero-order chi connectivity index (χ0) is 20.7. The molecule has 6 nitrogen and oxygen atoms in total. The van der Waals surface area contributed by atoms with E-state index in [1.807, 2.05) is 6.07 Å². The molecule has 0 saturated carbocycles. The van der Waals surface area contributed by atoms with Crippen molar-refractivity contribution in [3.63, 3.8) is 0 Å². The fourth-order valence-electron chi connectivity index (χ4n) is 2.13. The quantitative estimate of drug-likeness (QED) is 0.276. The van der Waals surface area contributed by atoms with Gasteiger partial charge < -0.3 is 10.6 Å². The molecule has 148 valence electrons. The Morgan fingerprint density at radius 2 is 2.04 bits per heavy atom. The standard InChI is InChI=1S/C18H18ClF3N6/c1-3-12(18(20,21)22)10-14(23)25-8-9-26-17-15(19)11(2)27-16(28-17)13-6-4-5-7-24-13/h3-7,10H,1,8-9H2,2H3,(H2,23,25)(H,26,27,28)/b12-10+. The zero-order valence-electron chi connectivity index (χ0n) is 14.9. The third-order valence-electron chi connectivity index (χ3n) is 3.49. The normalized spacial score (nSPS) is 11.8. The van der Waals surface area contributed by atoms with Gasteiger partial charge in [-0.25, -0.2) is 9.97 Å². The van der Waals surface area contributed by atoms with E-state index in [-0.39, 0.29) is 18.9 Å². The van der Waals surface area contributed by atoms with Crippen LogP contribution >= 0.6 is 11.6 Å². The average molecular weight is 411 g/mol. The van der Waals surface area contributed by atoms with Gasteiger partial charge in [-0.3, -0.25) is 10.4 Å². The molecule has 0 aliphatic rings. The van der Waals surface area contributed by atoms with Crippen LogP contribution in [0, 0.1) is 12.3 Å². The fraction of sp³-hybridized carbons (Fsp3) is 0.222. The maximum Gasteiger partial charge on any atom is 0.416 e. The van der Waals surface area contributed by atoms with E-state index in [4.69, 9.17) is 17.0 Å². The SMILES string of the molecule is C=C/C(=C\C(=N)NCCNc1nc(-c2ccccn2)nc(C)c1Cl)C(F)(F)F. The number of alkyl halides is 3. The molecule has 0 fully saturated rings. The molecule has 0 atom stereocenters. The molecule has 0 radical (unpaired) electrons. The topological polar surface area (TPSA) is 86.6 Å². The van der Waals surface area contributed by atoms with Crippen molar-refractivity contribution in [3.05, 3.63) is 59.4 Å². The maximum atomic E-state index is 12.6. The molecule has 10 heteroatoms. The lowest BCUT2D eigenvalue weighted by Crippen LogP contribution is -2.28. The fourth-order valence-corrected chi connectivity index (χ4v) is 2.28. The summed E-state index contributed by atoms with van der Waals surface area (Å²) in [5.74, 6) is 0.392. The minimum Gasteiger partial charge on any atom is -0.369 e. The number of rotatable bonds is 7. The van der Waals surface area contributed by atoms with Crippen molar-refractivity contribution in [3.8, 4) is 11.5 Å². The Balaban J connectivity index is 2.00. The van der Waals surface area contributed by atoms with Gasteiger partial charge in [-0.05, 0) is 25.1 Å². The maximum absolute atomic E-state index is 12.6. The van der Waals surface area contributed by atoms with Gasteiger partial charge in [-0.15, -0.1) is 0 Å². The Morgan fingerprint density at radius 3 is 2.64 bits per heavy atom. The molecule has 3 N–H and O–H groups in total. The number of aromatic nitrogens is 3. The van der Waals surface area contributed by atoms with Crippen molar-refractivity contribution < 1.29 is 13.2 Å². The Bertz CT molecular complexity index is 881. The van der Waals surface area contributed by atoms with Crippen LogP contribution < -0.4 is 10.6 Å². The highest BCUT2D eigenvalue weighted by Crippen LogP contribution is 2.26. The molecule has 0 aliphatic heterocycles. The molecule has 2 rings (SSSR count). The van der Waals surface area contributed by atoms with Crippen LogP contribution in [0.3, 0.4) is 0 Å². The number of pyridine rings is 1. The molecule has 0 aliphatic carbocycles. The Kier molecular flexibility index (Phi) is 7.11. The van der Waals surface area contributed by atoms with Crippen LogP contribution in [0.4, 0.5) is 19.0 Å². The first-order chi connectivity index (χ1) is 13.2. The van der Waals surface area contributed by atoms with Crippen molar-refractivity contribution in [1.29, 1.82) is 5.41 Å². The zero-order valence-corrected chi connectivity index (χ0v) is 15.7. The monoisotopic (exact) mass is 410 g/mol. The van der Waals surface area contributed by atoms with E-state index in [1.165, 1.54) is 0 Å². The van der Waals surface area contributed by atoms with Crippen LogP contribution in [0.2, 0.25) is 5.02 Å². The van der Waals surface area contributed by atoms with E-state index < -0.39 is 11.7 Å².